The van der Waals surface area contributed by atoms with Gasteiger partial charge in [0.05, 0.1) is 6.10 Å². The van der Waals surface area contributed by atoms with E-state index >= 15 is 0 Å². The van der Waals surface area contributed by atoms with Crippen molar-refractivity contribution in [3.05, 3.63) is 36.3 Å². The van der Waals surface area contributed by atoms with E-state index in [1.54, 1.807) is 19.3 Å². The molecular formula is C11H13N3OS. The molecule has 0 bridgehead atoms. The molecule has 0 aliphatic rings. The van der Waals surface area contributed by atoms with Crippen LogP contribution < -0.4 is 0 Å². The Labute approximate surface area is 98.4 Å². The number of pyridine rings is 1. The molecule has 1 unspecified atom stereocenters. The topological polar surface area (TPSA) is 50.9 Å². The summed E-state index contributed by atoms with van der Waals surface area (Å²) in [6, 6.07) is 3.77. The van der Waals surface area contributed by atoms with Crippen LogP contribution in [-0.4, -0.2) is 19.6 Å². The zero-order chi connectivity index (χ0) is 11.5. The fraction of sp³-hybridized carbons (Fsp3) is 0.273. The molecular weight excluding hydrogens is 222 g/mol. The lowest BCUT2D eigenvalue weighted by molar-refractivity contribution is 0.198. The first-order valence-electron chi connectivity index (χ1n) is 4.96. The van der Waals surface area contributed by atoms with Gasteiger partial charge in [0.1, 0.15) is 5.03 Å². The SMILES string of the molecule is CC(O)c1ccc(Sc2nccn2C)nc1. The molecule has 0 aliphatic carbocycles. The Kier molecular flexibility index (Phi) is 3.26. The summed E-state index contributed by atoms with van der Waals surface area (Å²) in [6.45, 7) is 1.72. The van der Waals surface area contributed by atoms with Crippen LogP contribution in [0.15, 0.2) is 40.9 Å². The molecule has 0 aromatic carbocycles. The third-order valence-corrected chi connectivity index (χ3v) is 3.24. The van der Waals surface area contributed by atoms with E-state index in [2.05, 4.69) is 9.97 Å². The van der Waals surface area contributed by atoms with Crippen LogP contribution in [0.25, 0.3) is 0 Å². The van der Waals surface area contributed by atoms with Crippen molar-refractivity contribution in [1.82, 2.24) is 14.5 Å². The van der Waals surface area contributed by atoms with Gasteiger partial charge in [-0.3, -0.25) is 0 Å². The van der Waals surface area contributed by atoms with Gasteiger partial charge in [-0.1, -0.05) is 6.07 Å². The van der Waals surface area contributed by atoms with Crippen molar-refractivity contribution < 1.29 is 5.11 Å². The van der Waals surface area contributed by atoms with E-state index in [0.29, 0.717) is 0 Å². The summed E-state index contributed by atoms with van der Waals surface area (Å²) < 4.78 is 1.94. The van der Waals surface area contributed by atoms with Crippen LogP contribution in [0.3, 0.4) is 0 Å². The van der Waals surface area contributed by atoms with E-state index < -0.39 is 6.10 Å². The van der Waals surface area contributed by atoms with Gasteiger partial charge in [-0.15, -0.1) is 0 Å². The van der Waals surface area contributed by atoms with Crippen molar-refractivity contribution in [2.75, 3.05) is 0 Å². The van der Waals surface area contributed by atoms with E-state index in [1.165, 1.54) is 11.8 Å². The molecule has 2 heterocycles. The molecule has 0 radical (unpaired) electrons. The predicted octanol–water partition coefficient (Wildman–Crippen LogP) is 2.02. The highest BCUT2D eigenvalue weighted by atomic mass is 32.2. The van der Waals surface area contributed by atoms with E-state index in [-0.39, 0.29) is 0 Å². The van der Waals surface area contributed by atoms with Gasteiger partial charge in [0.25, 0.3) is 0 Å². The Balaban J connectivity index is 2.14. The molecule has 5 heteroatoms. The van der Waals surface area contributed by atoms with Gasteiger partial charge < -0.3 is 9.67 Å². The predicted molar refractivity (Wildman–Crippen MR) is 62.2 cm³/mol. The van der Waals surface area contributed by atoms with Gasteiger partial charge in [-0.05, 0) is 30.3 Å². The molecule has 0 spiro atoms. The molecule has 2 aromatic heterocycles. The lowest BCUT2D eigenvalue weighted by Crippen LogP contribution is -1.93. The molecule has 84 valence electrons. The van der Waals surface area contributed by atoms with Crippen LogP contribution in [0, 0.1) is 0 Å². The first-order chi connectivity index (χ1) is 7.66. The summed E-state index contributed by atoms with van der Waals surface area (Å²) in [4.78, 5) is 8.47. The molecule has 1 N–H and O–H groups in total. The molecule has 2 aromatic rings. The number of nitrogens with zero attached hydrogens (tertiary/aromatic N) is 3. The molecule has 0 aliphatic heterocycles. The summed E-state index contributed by atoms with van der Waals surface area (Å²) >= 11 is 1.50. The first-order valence-corrected chi connectivity index (χ1v) is 5.77. The van der Waals surface area contributed by atoms with E-state index in [4.69, 9.17) is 0 Å². The molecule has 16 heavy (non-hydrogen) atoms. The van der Waals surface area contributed by atoms with Crippen LogP contribution in [0.5, 0.6) is 0 Å². The highest BCUT2D eigenvalue weighted by Crippen LogP contribution is 2.24. The van der Waals surface area contributed by atoms with E-state index in [9.17, 15) is 5.11 Å². The quantitative estimate of drug-likeness (QED) is 0.884. The summed E-state index contributed by atoms with van der Waals surface area (Å²) in [5.74, 6) is 0. The second-order valence-corrected chi connectivity index (χ2v) is 4.52. The second-order valence-electron chi connectivity index (χ2n) is 3.53. The van der Waals surface area contributed by atoms with Crippen molar-refractivity contribution in [1.29, 1.82) is 0 Å². The first kappa shape index (κ1) is 11.2. The largest absolute Gasteiger partial charge is 0.389 e. The third kappa shape index (κ3) is 2.43. The highest BCUT2D eigenvalue weighted by molar-refractivity contribution is 7.99. The fourth-order valence-corrected chi connectivity index (χ4v) is 1.99. The number of aliphatic hydroxyl groups is 1. The summed E-state index contributed by atoms with van der Waals surface area (Å²) in [7, 11) is 1.94. The smallest absolute Gasteiger partial charge is 0.174 e. The van der Waals surface area contributed by atoms with Gasteiger partial charge in [-0.2, -0.15) is 0 Å². The van der Waals surface area contributed by atoms with Gasteiger partial charge >= 0.3 is 0 Å². The lowest BCUT2D eigenvalue weighted by atomic mass is 10.2. The van der Waals surface area contributed by atoms with Crippen LogP contribution >= 0.6 is 11.8 Å². The van der Waals surface area contributed by atoms with Crippen LogP contribution in [0.2, 0.25) is 0 Å². The van der Waals surface area contributed by atoms with Crippen molar-refractivity contribution in [2.45, 2.75) is 23.2 Å². The minimum absolute atomic E-state index is 0.472. The van der Waals surface area contributed by atoms with Gasteiger partial charge in [0.2, 0.25) is 0 Å². The second kappa shape index (κ2) is 4.67. The van der Waals surface area contributed by atoms with Gasteiger partial charge in [0, 0.05) is 25.6 Å². The molecule has 0 amide bonds. The van der Waals surface area contributed by atoms with E-state index in [1.807, 2.05) is 29.9 Å². The number of imidazole rings is 1. The van der Waals surface area contributed by atoms with Crippen molar-refractivity contribution in [3.63, 3.8) is 0 Å². The number of hydrogen-bond acceptors (Lipinski definition) is 4. The Morgan fingerprint density at radius 2 is 2.19 bits per heavy atom. The maximum atomic E-state index is 9.35. The zero-order valence-electron chi connectivity index (χ0n) is 9.16. The maximum Gasteiger partial charge on any atom is 0.174 e. The molecule has 2 rings (SSSR count). The van der Waals surface area contributed by atoms with Crippen LogP contribution in [0.4, 0.5) is 0 Å². The normalized spacial score (nSPS) is 12.7. The highest BCUT2D eigenvalue weighted by Gasteiger charge is 2.05. The fourth-order valence-electron chi connectivity index (χ4n) is 1.24. The van der Waals surface area contributed by atoms with Gasteiger partial charge in [0.15, 0.2) is 5.16 Å². The Hall–Kier alpha value is -1.33. The molecule has 0 saturated carbocycles. The molecule has 4 nitrogen and oxygen atoms in total. The molecule has 0 fully saturated rings. The number of hydrogen-bond donors (Lipinski definition) is 1. The number of aryl methyl sites for hydroxylation is 1. The number of aliphatic hydroxyl groups excluding tert-OH is 1. The Morgan fingerprint density at radius 3 is 2.69 bits per heavy atom. The monoisotopic (exact) mass is 235 g/mol. The number of aromatic nitrogens is 3. The Bertz CT molecular complexity index is 464. The van der Waals surface area contributed by atoms with Crippen LogP contribution in [-0.2, 0) is 7.05 Å². The maximum absolute atomic E-state index is 9.35. The Morgan fingerprint density at radius 1 is 1.38 bits per heavy atom. The average Bonchev–Trinajstić information content (AvgIpc) is 2.65. The summed E-state index contributed by atoms with van der Waals surface area (Å²) in [5, 5.41) is 11.1. The molecule has 1 atom stereocenters. The summed E-state index contributed by atoms with van der Waals surface area (Å²) in [6.07, 6.45) is 4.87. The number of rotatable bonds is 3. The molecule has 0 saturated heterocycles. The zero-order valence-corrected chi connectivity index (χ0v) is 9.98. The van der Waals surface area contributed by atoms with Gasteiger partial charge in [-0.25, -0.2) is 9.97 Å². The van der Waals surface area contributed by atoms with Crippen molar-refractivity contribution in [3.8, 4) is 0 Å². The summed E-state index contributed by atoms with van der Waals surface area (Å²) in [5.41, 5.74) is 0.823. The van der Waals surface area contributed by atoms with Crippen molar-refractivity contribution >= 4 is 11.8 Å². The van der Waals surface area contributed by atoms with Crippen molar-refractivity contribution in [2.24, 2.45) is 7.05 Å². The minimum Gasteiger partial charge on any atom is -0.389 e. The average molecular weight is 235 g/mol. The standard InChI is InChI=1S/C11H13N3OS/c1-8(15)9-3-4-10(13-7-9)16-11-12-5-6-14(11)2/h3-8,15H,1-2H3. The lowest BCUT2D eigenvalue weighted by Gasteiger charge is -2.05. The van der Waals surface area contributed by atoms with Crippen LogP contribution in [0.1, 0.15) is 18.6 Å². The minimum atomic E-state index is -0.472. The third-order valence-electron chi connectivity index (χ3n) is 2.21. The van der Waals surface area contributed by atoms with E-state index in [0.717, 1.165) is 15.7 Å².